The Morgan fingerprint density at radius 3 is 1.96 bits per heavy atom. The quantitative estimate of drug-likeness (QED) is 0.639. The lowest BCUT2D eigenvalue weighted by Gasteiger charge is -2.03. The van der Waals surface area contributed by atoms with E-state index in [9.17, 15) is 21.6 Å². The van der Waals surface area contributed by atoms with Crippen molar-refractivity contribution in [2.75, 3.05) is 6.26 Å². The van der Waals surface area contributed by atoms with Crippen molar-refractivity contribution in [3.8, 4) is 16.9 Å². The van der Waals surface area contributed by atoms with Crippen LogP contribution in [0.2, 0.25) is 0 Å². The van der Waals surface area contributed by atoms with Gasteiger partial charge in [0.05, 0.1) is 21.0 Å². The number of rotatable bonds is 5. The Labute approximate surface area is 156 Å². The first-order chi connectivity index (χ1) is 12.6. The SMILES string of the molecule is CS(=O)(=O)c1ccc(-c2nn(-c3ccc(S(N)(=O)=O)cc3)cc2C=O)cc1. The number of nitrogens with zero attached hydrogens (tertiary/aromatic N) is 2. The van der Waals surface area contributed by atoms with Crippen LogP contribution < -0.4 is 5.14 Å². The smallest absolute Gasteiger partial charge is 0.238 e. The summed E-state index contributed by atoms with van der Waals surface area (Å²) in [6.45, 7) is 0. The summed E-state index contributed by atoms with van der Waals surface area (Å²) in [4.78, 5) is 11.5. The molecule has 2 N–H and O–H groups in total. The molecule has 3 aromatic rings. The summed E-state index contributed by atoms with van der Waals surface area (Å²) in [6.07, 6.45) is 3.25. The third-order valence-corrected chi connectivity index (χ3v) is 5.91. The molecule has 0 saturated heterocycles. The highest BCUT2D eigenvalue weighted by atomic mass is 32.2. The van der Waals surface area contributed by atoms with E-state index in [1.165, 1.54) is 47.3 Å². The first-order valence-corrected chi connectivity index (χ1v) is 11.0. The van der Waals surface area contributed by atoms with Gasteiger partial charge in [-0.05, 0) is 36.4 Å². The first-order valence-electron chi connectivity index (χ1n) is 7.58. The van der Waals surface area contributed by atoms with Crippen LogP contribution >= 0.6 is 0 Å². The second kappa shape index (κ2) is 6.72. The van der Waals surface area contributed by atoms with E-state index in [1.807, 2.05) is 0 Å². The summed E-state index contributed by atoms with van der Waals surface area (Å²) in [7, 11) is -7.13. The Morgan fingerprint density at radius 1 is 0.926 bits per heavy atom. The summed E-state index contributed by atoms with van der Waals surface area (Å²) in [6, 6.07) is 11.7. The second-order valence-electron chi connectivity index (χ2n) is 5.83. The van der Waals surface area contributed by atoms with E-state index in [1.54, 1.807) is 12.1 Å². The Hall–Kier alpha value is -2.82. The van der Waals surface area contributed by atoms with E-state index < -0.39 is 19.9 Å². The van der Waals surface area contributed by atoms with Gasteiger partial charge < -0.3 is 0 Å². The molecule has 0 radical (unpaired) electrons. The third-order valence-electron chi connectivity index (χ3n) is 3.86. The molecule has 0 spiro atoms. The van der Waals surface area contributed by atoms with Crippen molar-refractivity contribution >= 4 is 26.1 Å². The molecular weight excluding hydrogens is 390 g/mol. The van der Waals surface area contributed by atoms with Gasteiger partial charge in [-0.2, -0.15) is 5.10 Å². The van der Waals surface area contributed by atoms with Gasteiger partial charge >= 0.3 is 0 Å². The molecule has 0 aliphatic carbocycles. The molecule has 1 heterocycles. The highest BCUT2D eigenvalue weighted by Gasteiger charge is 2.14. The summed E-state index contributed by atoms with van der Waals surface area (Å²) in [5, 5.41) is 9.44. The van der Waals surface area contributed by atoms with Crippen molar-refractivity contribution in [1.29, 1.82) is 0 Å². The fourth-order valence-corrected chi connectivity index (χ4v) is 3.62. The van der Waals surface area contributed by atoms with Gasteiger partial charge in [-0.1, -0.05) is 12.1 Å². The molecule has 0 aliphatic heterocycles. The predicted molar refractivity (Wildman–Crippen MR) is 98.9 cm³/mol. The number of sulfone groups is 1. The van der Waals surface area contributed by atoms with Crippen molar-refractivity contribution in [2.45, 2.75) is 9.79 Å². The largest absolute Gasteiger partial charge is 0.298 e. The van der Waals surface area contributed by atoms with Crippen LogP contribution in [0.3, 0.4) is 0 Å². The molecule has 27 heavy (non-hydrogen) atoms. The minimum Gasteiger partial charge on any atom is -0.298 e. The van der Waals surface area contributed by atoms with Gasteiger partial charge in [0.25, 0.3) is 0 Å². The van der Waals surface area contributed by atoms with Crippen molar-refractivity contribution in [1.82, 2.24) is 9.78 Å². The van der Waals surface area contributed by atoms with E-state index in [2.05, 4.69) is 5.10 Å². The highest BCUT2D eigenvalue weighted by Crippen LogP contribution is 2.24. The molecule has 3 rings (SSSR count). The van der Waals surface area contributed by atoms with Gasteiger partial charge in [-0.25, -0.2) is 26.7 Å². The molecule has 140 valence electrons. The van der Waals surface area contributed by atoms with Gasteiger partial charge in [0, 0.05) is 18.0 Å². The number of aromatic nitrogens is 2. The molecule has 0 amide bonds. The second-order valence-corrected chi connectivity index (χ2v) is 9.41. The van der Waals surface area contributed by atoms with Gasteiger partial charge in [0.2, 0.25) is 10.0 Å². The summed E-state index contributed by atoms with van der Waals surface area (Å²) in [5.41, 5.74) is 1.78. The average molecular weight is 405 g/mol. The van der Waals surface area contributed by atoms with E-state index in [-0.39, 0.29) is 9.79 Å². The number of primary sulfonamides is 1. The Bertz CT molecular complexity index is 1210. The highest BCUT2D eigenvalue weighted by molar-refractivity contribution is 7.90. The van der Waals surface area contributed by atoms with E-state index >= 15 is 0 Å². The molecule has 0 saturated carbocycles. The zero-order valence-corrected chi connectivity index (χ0v) is 15.7. The Morgan fingerprint density at radius 2 is 1.48 bits per heavy atom. The molecule has 0 aliphatic rings. The van der Waals surface area contributed by atoms with Crippen LogP contribution in [0.15, 0.2) is 64.5 Å². The fourth-order valence-electron chi connectivity index (χ4n) is 2.48. The van der Waals surface area contributed by atoms with Crippen LogP contribution in [-0.2, 0) is 19.9 Å². The van der Waals surface area contributed by atoms with Crippen LogP contribution in [0.1, 0.15) is 10.4 Å². The standard InChI is InChI=1S/C17H15N3O5S2/c1-26(22,23)15-6-2-12(3-7-15)17-13(11-21)10-20(19-17)14-4-8-16(9-5-14)27(18,24)25/h2-11H,1H3,(H2,18,24,25). The number of hydrogen-bond donors (Lipinski definition) is 1. The lowest BCUT2D eigenvalue weighted by atomic mass is 10.1. The van der Waals surface area contributed by atoms with Crippen molar-refractivity contribution in [3.63, 3.8) is 0 Å². The number of aldehydes is 1. The molecule has 0 bridgehead atoms. The maximum atomic E-state index is 11.6. The molecule has 0 unspecified atom stereocenters. The van der Waals surface area contributed by atoms with Crippen LogP contribution in [0.25, 0.3) is 16.9 Å². The lowest BCUT2D eigenvalue weighted by molar-refractivity contribution is 0.112. The van der Waals surface area contributed by atoms with Crippen LogP contribution in [0.5, 0.6) is 0 Å². The van der Waals surface area contributed by atoms with E-state index in [0.29, 0.717) is 28.8 Å². The summed E-state index contributed by atoms with van der Waals surface area (Å²) < 4.78 is 47.2. The Kier molecular flexibility index (Phi) is 4.72. The predicted octanol–water partition coefficient (Wildman–Crippen LogP) is 1.40. The molecule has 2 aromatic carbocycles. The van der Waals surface area contributed by atoms with Crippen LogP contribution in [0.4, 0.5) is 0 Å². The fraction of sp³-hybridized carbons (Fsp3) is 0.0588. The topological polar surface area (TPSA) is 129 Å². The number of nitrogens with two attached hydrogens (primary N) is 1. The number of hydrogen-bond acceptors (Lipinski definition) is 6. The third kappa shape index (κ3) is 3.97. The Balaban J connectivity index is 2.02. The molecule has 10 heteroatoms. The minimum atomic E-state index is -3.80. The maximum Gasteiger partial charge on any atom is 0.238 e. The monoisotopic (exact) mass is 405 g/mol. The van der Waals surface area contributed by atoms with Gasteiger partial charge in [-0.15, -0.1) is 0 Å². The molecule has 0 atom stereocenters. The lowest BCUT2D eigenvalue weighted by Crippen LogP contribution is -2.12. The number of sulfonamides is 1. The van der Waals surface area contributed by atoms with Gasteiger partial charge in [0.15, 0.2) is 16.1 Å². The normalized spacial score (nSPS) is 12.1. The number of carbonyl (C=O) groups is 1. The zero-order valence-electron chi connectivity index (χ0n) is 14.1. The van der Waals surface area contributed by atoms with E-state index in [0.717, 1.165) is 6.26 Å². The number of benzene rings is 2. The molecule has 0 fully saturated rings. The molecule has 8 nitrogen and oxygen atoms in total. The number of carbonyl (C=O) groups excluding carboxylic acids is 1. The molecular formula is C17H15N3O5S2. The average Bonchev–Trinajstić information content (AvgIpc) is 3.05. The van der Waals surface area contributed by atoms with Crippen LogP contribution in [-0.4, -0.2) is 39.2 Å². The van der Waals surface area contributed by atoms with Crippen LogP contribution in [0, 0.1) is 0 Å². The summed E-state index contributed by atoms with van der Waals surface area (Å²) in [5.74, 6) is 0. The molecule has 1 aromatic heterocycles. The first kappa shape index (κ1) is 19.0. The van der Waals surface area contributed by atoms with Crippen molar-refractivity contribution < 1.29 is 21.6 Å². The minimum absolute atomic E-state index is 0.0365. The maximum absolute atomic E-state index is 11.6. The van der Waals surface area contributed by atoms with Gasteiger partial charge in [-0.3, -0.25) is 4.79 Å². The van der Waals surface area contributed by atoms with Gasteiger partial charge in [0.1, 0.15) is 5.69 Å². The summed E-state index contributed by atoms with van der Waals surface area (Å²) >= 11 is 0. The van der Waals surface area contributed by atoms with Crippen molar-refractivity contribution in [2.24, 2.45) is 5.14 Å². The van der Waals surface area contributed by atoms with E-state index in [4.69, 9.17) is 5.14 Å². The van der Waals surface area contributed by atoms with Crippen molar-refractivity contribution in [3.05, 3.63) is 60.3 Å². The zero-order chi connectivity index (χ0) is 19.8.